The highest BCUT2D eigenvalue weighted by molar-refractivity contribution is 5.98. The Bertz CT molecular complexity index is 742. The summed E-state index contributed by atoms with van der Waals surface area (Å²) in [6, 6.07) is 16.3. The van der Waals surface area contributed by atoms with Crippen molar-refractivity contribution in [3.05, 3.63) is 60.2 Å². The van der Waals surface area contributed by atoms with E-state index in [2.05, 4.69) is 10.6 Å². The van der Waals surface area contributed by atoms with Gasteiger partial charge in [-0.05, 0) is 43.2 Å². The maximum atomic E-state index is 12.2. The number of amides is 2. The molecule has 0 bridgehead atoms. The average molecular weight is 354 g/mol. The molecule has 26 heavy (non-hydrogen) atoms. The molecule has 136 valence electrons. The minimum atomic E-state index is -0.400. The minimum absolute atomic E-state index is 0.170. The fraction of sp³-hybridized carbons (Fsp3) is 0.300. The molecular formula is C20H22N2O4. The van der Waals surface area contributed by atoms with E-state index >= 15 is 0 Å². The summed E-state index contributed by atoms with van der Waals surface area (Å²) in [5, 5.41) is 5.60. The van der Waals surface area contributed by atoms with E-state index in [0.29, 0.717) is 31.0 Å². The van der Waals surface area contributed by atoms with Crippen LogP contribution in [0.3, 0.4) is 0 Å². The quantitative estimate of drug-likeness (QED) is 0.750. The summed E-state index contributed by atoms with van der Waals surface area (Å²) in [4.78, 5) is 24.3. The van der Waals surface area contributed by atoms with Gasteiger partial charge in [0.05, 0.1) is 6.54 Å². The number of hydrogen-bond acceptors (Lipinski definition) is 4. The van der Waals surface area contributed by atoms with Gasteiger partial charge in [-0.25, -0.2) is 0 Å². The van der Waals surface area contributed by atoms with Crippen LogP contribution in [0.5, 0.6) is 5.75 Å². The van der Waals surface area contributed by atoms with Gasteiger partial charge < -0.3 is 20.1 Å². The second-order valence-corrected chi connectivity index (χ2v) is 5.99. The summed E-state index contributed by atoms with van der Waals surface area (Å²) in [6.07, 6.45) is 1.22. The Morgan fingerprint density at radius 1 is 1.12 bits per heavy atom. The number of ether oxygens (including phenoxy) is 2. The van der Waals surface area contributed by atoms with E-state index in [-0.39, 0.29) is 11.8 Å². The van der Waals surface area contributed by atoms with Crippen molar-refractivity contribution in [3.8, 4) is 5.75 Å². The summed E-state index contributed by atoms with van der Waals surface area (Å²) in [7, 11) is 0. The van der Waals surface area contributed by atoms with Gasteiger partial charge in [0.2, 0.25) is 0 Å². The van der Waals surface area contributed by atoms with Crippen LogP contribution in [0, 0.1) is 0 Å². The lowest BCUT2D eigenvalue weighted by Crippen LogP contribution is -2.29. The second-order valence-electron chi connectivity index (χ2n) is 5.99. The van der Waals surface area contributed by atoms with Gasteiger partial charge in [-0.2, -0.15) is 0 Å². The summed E-state index contributed by atoms with van der Waals surface area (Å²) < 4.78 is 10.9. The van der Waals surface area contributed by atoms with Crippen LogP contribution in [-0.4, -0.2) is 37.7 Å². The zero-order chi connectivity index (χ0) is 18.2. The molecule has 2 N–H and O–H groups in total. The molecule has 3 rings (SSSR count). The highest BCUT2D eigenvalue weighted by Crippen LogP contribution is 2.16. The Morgan fingerprint density at radius 2 is 1.96 bits per heavy atom. The van der Waals surface area contributed by atoms with Crippen molar-refractivity contribution in [3.63, 3.8) is 0 Å². The second kappa shape index (κ2) is 9.01. The molecule has 0 radical (unpaired) electrons. The number of para-hydroxylation sites is 1. The zero-order valence-electron chi connectivity index (χ0n) is 14.4. The SMILES string of the molecule is O=C(NCCOc1ccccc1)c1cccc(NC(=O)C2CCCO2)c1. The standard InChI is InChI=1S/C20H22N2O4/c23-19(21-11-13-25-17-8-2-1-3-9-17)15-6-4-7-16(14-15)22-20(24)18-10-5-12-26-18/h1-4,6-9,14,18H,5,10-13H2,(H,21,23)(H,22,24). The molecule has 2 aromatic carbocycles. The molecule has 1 saturated heterocycles. The molecule has 1 fully saturated rings. The number of carbonyl (C=O) groups excluding carboxylic acids is 2. The predicted octanol–water partition coefficient (Wildman–Crippen LogP) is 2.61. The Balaban J connectivity index is 1.47. The van der Waals surface area contributed by atoms with Crippen molar-refractivity contribution in [1.29, 1.82) is 0 Å². The molecule has 0 aromatic heterocycles. The number of hydrogen-bond donors (Lipinski definition) is 2. The highest BCUT2D eigenvalue weighted by atomic mass is 16.5. The van der Waals surface area contributed by atoms with Gasteiger partial charge >= 0.3 is 0 Å². The summed E-state index contributed by atoms with van der Waals surface area (Å²) in [6.45, 7) is 1.39. The third-order valence-electron chi connectivity index (χ3n) is 4.01. The van der Waals surface area contributed by atoms with Crippen molar-refractivity contribution in [2.45, 2.75) is 18.9 Å². The van der Waals surface area contributed by atoms with E-state index in [4.69, 9.17) is 9.47 Å². The first-order valence-corrected chi connectivity index (χ1v) is 8.71. The topological polar surface area (TPSA) is 76.7 Å². The molecule has 6 heteroatoms. The number of nitrogens with one attached hydrogen (secondary N) is 2. The number of anilines is 1. The maximum Gasteiger partial charge on any atom is 0.253 e. The average Bonchev–Trinajstić information content (AvgIpc) is 3.21. The normalized spacial score (nSPS) is 16.1. The lowest BCUT2D eigenvalue weighted by Gasteiger charge is -2.12. The van der Waals surface area contributed by atoms with Gasteiger partial charge in [-0.1, -0.05) is 24.3 Å². The molecule has 1 atom stereocenters. The van der Waals surface area contributed by atoms with Gasteiger partial charge in [-0.15, -0.1) is 0 Å². The number of rotatable bonds is 7. The Morgan fingerprint density at radius 3 is 2.73 bits per heavy atom. The lowest BCUT2D eigenvalue weighted by molar-refractivity contribution is -0.124. The summed E-state index contributed by atoms with van der Waals surface area (Å²) in [5.74, 6) is 0.381. The van der Waals surface area contributed by atoms with Crippen molar-refractivity contribution in [1.82, 2.24) is 5.32 Å². The minimum Gasteiger partial charge on any atom is -0.492 e. The van der Waals surface area contributed by atoms with Crippen molar-refractivity contribution < 1.29 is 19.1 Å². The molecular weight excluding hydrogens is 332 g/mol. The third-order valence-corrected chi connectivity index (χ3v) is 4.01. The first-order valence-electron chi connectivity index (χ1n) is 8.71. The first kappa shape index (κ1) is 17.9. The van der Waals surface area contributed by atoms with Crippen molar-refractivity contribution in [2.24, 2.45) is 0 Å². The van der Waals surface area contributed by atoms with Crippen LogP contribution in [0.1, 0.15) is 23.2 Å². The fourth-order valence-corrected chi connectivity index (χ4v) is 2.70. The van der Waals surface area contributed by atoms with Gasteiger partial charge in [0, 0.05) is 17.9 Å². The molecule has 0 saturated carbocycles. The number of carbonyl (C=O) groups is 2. The van der Waals surface area contributed by atoms with Crippen LogP contribution < -0.4 is 15.4 Å². The first-order chi connectivity index (χ1) is 12.7. The van der Waals surface area contributed by atoms with Crippen LogP contribution in [0.25, 0.3) is 0 Å². The van der Waals surface area contributed by atoms with Crippen LogP contribution in [-0.2, 0) is 9.53 Å². The Kier molecular flexibility index (Phi) is 6.22. The zero-order valence-corrected chi connectivity index (χ0v) is 14.4. The molecule has 2 aromatic rings. The van der Waals surface area contributed by atoms with Crippen LogP contribution in [0.4, 0.5) is 5.69 Å². The molecule has 0 aliphatic carbocycles. The summed E-state index contributed by atoms with van der Waals surface area (Å²) in [5.41, 5.74) is 1.06. The molecule has 2 amide bonds. The van der Waals surface area contributed by atoms with E-state index in [1.807, 2.05) is 30.3 Å². The molecule has 1 unspecified atom stereocenters. The van der Waals surface area contributed by atoms with Gasteiger partial charge in [-0.3, -0.25) is 9.59 Å². The van der Waals surface area contributed by atoms with Crippen LogP contribution >= 0.6 is 0 Å². The maximum absolute atomic E-state index is 12.2. The highest BCUT2D eigenvalue weighted by Gasteiger charge is 2.23. The van der Waals surface area contributed by atoms with E-state index in [1.54, 1.807) is 24.3 Å². The van der Waals surface area contributed by atoms with Gasteiger partial charge in [0.15, 0.2) is 0 Å². The molecule has 0 spiro atoms. The van der Waals surface area contributed by atoms with Gasteiger partial charge in [0.1, 0.15) is 18.5 Å². The molecule has 1 aliphatic rings. The van der Waals surface area contributed by atoms with Crippen LogP contribution in [0.15, 0.2) is 54.6 Å². The monoisotopic (exact) mass is 354 g/mol. The fourth-order valence-electron chi connectivity index (χ4n) is 2.70. The van der Waals surface area contributed by atoms with Crippen molar-refractivity contribution in [2.75, 3.05) is 25.1 Å². The van der Waals surface area contributed by atoms with E-state index < -0.39 is 6.10 Å². The molecule has 1 aliphatic heterocycles. The van der Waals surface area contributed by atoms with Crippen LogP contribution in [0.2, 0.25) is 0 Å². The van der Waals surface area contributed by atoms with E-state index in [0.717, 1.165) is 18.6 Å². The van der Waals surface area contributed by atoms with E-state index in [1.165, 1.54) is 0 Å². The van der Waals surface area contributed by atoms with Gasteiger partial charge in [0.25, 0.3) is 11.8 Å². The smallest absolute Gasteiger partial charge is 0.253 e. The Hall–Kier alpha value is -2.86. The Labute approximate surface area is 152 Å². The largest absolute Gasteiger partial charge is 0.492 e. The lowest BCUT2D eigenvalue weighted by atomic mass is 10.1. The third kappa shape index (κ3) is 5.07. The predicted molar refractivity (Wildman–Crippen MR) is 98.3 cm³/mol. The van der Waals surface area contributed by atoms with Crippen molar-refractivity contribution >= 4 is 17.5 Å². The van der Waals surface area contributed by atoms with E-state index in [9.17, 15) is 9.59 Å². The summed E-state index contributed by atoms with van der Waals surface area (Å²) >= 11 is 0. The number of benzene rings is 2. The molecule has 6 nitrogen and oxygen atoms in total. The molecule has 1 heterocycles.